The Morgan fingerprint density at radius 1 is 1.14 bits per heavy atom. The molecule has 0 radical (unpaired) electrons. The molecule has 6 rings (SSSR count). The molecule has 1 aromatic heterocycles. The van der Waals surface area contributed by atoms with E-state index in [0.717, 1.165) is 50.5 Å². The molecule has 5 nitrogen and oxygen atoms in total. The van der Waals surface area contributed by atoms with Crippen LogP contribution in [0.2, 0.25) is 0 Å². The van der Waals surface area contributed by atoms with Crippen LogP contribution in [0.15, 0.2) is 42.7 Å². The van der Waals surface area contributed by atoms with E-state index in [-0.39, 0.29) is 23.2 Å². The maximum Gasteiger partial charge on any atom is 0.308 e. The molecule has 3 unspecified atom stereocenters. The van der Waals surface area contributed by atoms with Crippen LogP contribution in [0.1, 0.15) is 84.8 Å². The Hall–Kier alpha value is -3.02. The van der Waals surface area contributed by atoms with Gasteiger partial charge >= 0.3 is 5.97 Å². The summed E-state index contributed by atoms with van der Waals surface area (Å²) in [5.74, 6) is -0.182. The van der Waals surface area contributed by atoms with Crippen molar-refractivity contribution in [3.05, 3.63) is 70.8 Å². The molecule has 1 aromatic carbocycles. The van der Waals surface area contributed by atoms with Gasteiger partial charge in [0, 0.05) is 17.8 Å². The van der Waals surface area contributed by atoms with Gasteiger partial charge in [-0.15, -0.1) is 0 Å². The summed E-state index contributed by atoms with van der Waals surface area (Å²) in [6, 6.07) is 7.43. The number of pyridine rings is 1. The monoisotopic (exact) mass is 488 g/mol. The zero-order chi connectivity index (χ0) is 25.0. The summed E-state index contributed by atoms with van der Waals surface area (Å²) < 4.78 is 13.9. The lowest BCUT2D eigenvalue weighted by molar-refractivity contribution is -0.142. The number of allylic oxidation sites excluding steroid dienone is 2. The first-order chi connectivity index (χ1) is 17.3. The Morgan fingerprint density at radius 3 is 2.81 bits per heavy atom. The van der Waals surface area contributed by atoms with E-state index in [2.05, 4.69) is 29.4 Å². The Bertz CT molecular complexity index is 1260. The molecule has 188 valence electrons. The summed E-state index contributed by atoms with van der Waals surface area (Å²) in [6.07, 6.45) is 12.8. The molecule has 0 saturated heterocycles. The average molecular weight is 489 g/mol. The number of rotatable bonds is 4. The number of aliphatic carboxylic acids is 1. The van der Waals surface area contributed by atoms with E-state index in [1.165, 1.54) is 22.9 Å². The summed E-state index contributed by atoms with van der Waals surface area (Å²) in [7, 11) is 0. The van der Waals surface area contributed by atoms with Crippen LogP contribution >= 0.6 is 0 Å². The number of carboxylic acid groups (broad SMARTS) is 1. The molecular weight excluding hydrogens is 455 g/mol. The second-order valence-corrected chi connectivity index (χ2v) is 11.5. The van der Waals surface area contributed by atoms with Gasteiger partial charge in [0.05, 0.1) is 12.1 Å². The molecule has 1 amide bonds. The lowest BCUT2D eigenvalue weighted by Gasteiger charge is -2.50. The largest absolute Gasteiger partial charge is 0.481 e. The van der Waals surface area contributed by atoms with Crippen molar-refractivity contribution in [2.45, 2.75) is 70.3 Å². The summed E-state index contributed by atoms with van der Waals surface area (Å²) in [5, 5.41) is 12.4. The number of carbonyl (C=O) groups excluding carboxylic acids is 1. The number of hydrogen-bond donors (Lipinski definition) is 2. The highest BCUT2D eigenvalue weighted by Crippen LogP contribution is 2.63. The lowest BCUT2D eigenvalue weighted by atomic mass is 9.54. The van der Waals surface area contributed by atoms with Crippen molar-refractivity contribution in [2.24, 2.45) is 23.2 Å². The highest BCUT2D eigenvalue weighted by atomic mass is 19.1. The highest BCUT2D eigenvalue weighted by molar-refractivity contribution is 5.95. The molecule has 36 heavy (non-hydrogen) atoms. The van der Waals surface area contributed by atoms with Gasteiger partial charge in [0.2, 0.25) is 0 Å². The third kappa shape index (κ3) is 3.77. The van der Waals surface area contributed by atoms with E-state index in [9.17, 15) is 19.1 Å². The average Bonchev–Trinajstić information content (AvgIpc) is 3.47. The van der Waals surface area contributed by atoms with Gasteiger partial charge in [-0.05, 0) is 109 Å². The number of benzene rings is 1. The van der Waals surface area contributed by atoms with Crippen LogP contribution in [0.5, 0.6) is 0 Å². The molecule has 6 atom stereocenters. The molecular formula is C30H33FN2O3. The van der Waals surface area contributed by atoms with E-state index >= 15 is 0 Å². The van der Waals surface area contributed by atoms with E-state index in [0.29, 0.717) is 29.7 Å². The molecule has 4 aliphatic carbocycles. The minimum atomic E-state index is -0.822. The van der Waals surface area contributed by atoms with Crippen LogP contribution in [0.4, 0.5) is 4.39 Å². The summed E-state index contributed by atoms with van der Waals surface area (Å²) >= 11 is 0. The van der Waals surface area contributed by atoms with Gasteiger partial charge in [0.25, 0.3) is 5.91 Å². The van der Waals surface area contributed by atoms with Gasteiger partial charge in [-0.2, -0.15) is 0 Å². The fourth-order valence-corrected chi connectivity index (χ4v) is 7.98. The number of carboxylic acids is 1. The van der Waals surface area contributed by atoms with E-state index in [1.54, 1.807) is 12.3 Å². The summed E-state index contributed by atoms with van der Waals surface area (Å²) in [4.78, 5) is 28.6. The van der Waals surface area contributed by atoms with E-state index in [4.69, 9.17) is 0 Å². The molecule has 2 fully saturated rings. The molecule has 4 aliphatic rings. The Labute approximate surface area is 211 Å². The van der Waals surface area contributed by atoms with Crippen molar-refractivity contribution in [1.29, 1.82) is 0 Å². The Morgan fingerprint density at radius 2 is 2.00 bits per heavy atom. The summed E-state index contributed by atoms with van der Waals surface area (Å²) in [6.45, 7) is 2.36. The lowest BCUT2D eigenvalue weighted by Crippen LogP contribution is -2.41. The molecule has 0 bridgehead atoms. The molecule has 2 N–H and O–H groups in total. The first kappa shape index (κ1) is 23.4. The van der Waals surface area contributed by atoms with Crippen LogP contribution in [-0.4, -0.2) is 28.0 Å². The maximum atomic E-state index is 13.9. The zero-order valence-corrected chi connectivity index (χ0v) is 20.7. The number of aryl methyl sites for hydroxylation is 1. The Kier molecular flexibility index (Phi) is 5.73. The van der Waals surface area contributed by atoms with Gasteiger partial charge < -0.3 is 10.4 Å². The number of halogens is 1. The van der Waals surface area contributed by atoms with E-state index in [1.807, 2.05) is 12.1 Å². The fourth-order valence-electron chi connectivity index (χ4n) is 7.98. The number of nitrogens with one attached hydrogen (secondary N) is 1. The van der Waals surface area contributed by atoms with Crippen LogP contribution in [0.25, 0.3) is 5.57 Å². The van der Waals surface area contributed by atoms with Gasteiger partial charge in [0.15, 0.2) is 0 Å². The second kappa shape index (κ2) is 8.82. The van der Waals surface area contributed by atoms with Crippen molar-refractivity contribution < 1.29 is 19.1 Å². The van der Waals surface area contributed by atoms with Crippen LogP contribution in [0.3, 0.4) is 0 Å². The molecule has 1 heterocycles. The number of nitrogens with zero attached hydrogens (tertiary/aromatic N) is 1. The van der Waals surface area contributed by atoms with Crippen molar-refractivity contribution in [3.8, 4) is 0 Å². The minimum Gasteiger partial charge on any atom is -0.481 e. The van der Waals surface area contributed by atoms with Crippen molar-refractivity contribution in [1.82, 2.24) is 10.3 Å². The number of fused-ring (bicyclic) bond motifs is 5. The first-order valence-electron chi connectivity index (χ1n) is 13.3. The fraction of sp³-hybridized carbons (Fsp3) is 0.500. The summed E-state index contributed by atoms with van der Waals surface area (Å²) in [5.41, 5.74) is 5.47. The van der Waals surface area contributed by atoms with Gasteiger partial charge in [-0.25, -0.2) is 4.39 Å². The Balaban J connectivity index is 1.20. The number of carbonyl (C=O) groups is 2. The van der Waals surface area contributed by atoms with E-state index < -0.39 is 11.9 Å². The van der Waals surface area contributed by atoms with Gasteiger partial charge in [-0.3, -0.25) is 14.6 Å². The highest BCUT2D eigenvalue weighted by Gasteiger charge is 2.52. The minimum absolute atomic E-state index is 0.0376. The SMILES string of the molecule is C[C@]12CCC3c4ccc(C(=O)N[C@H]5CCC[C@H]5C(=O)O)cc4CCC3C1CC=C2c1cncc(F)c1. The predicted octanol–water partition coefficient (Wildman–Crippen LogP) is 5.75. The van der Waals surface area contributed by atoms with Crippen LogP contribution < -0.4 is 5.32 Å². The van der Waals surface area contributed by atoms with Crippen molar-refractivity contribution in [2.75, 3.05) is 0 Å². The third-order valence-corrected chi connectivity index (χ3v) is 9.74. The molecule has 0 spiro atoms. The zero-order valence-electron chi connectivity index (χ0n) is 20.7. The van der Waals surface area contributed by atoms with Crippen LogP contribution in [-0.2, 0) is 11.2 Å². The number of amides is 1. The normalized spacial score (nSPS) is 32.7. The second-order valence-electron chi connectivity index (χ2n) is 11.5. The molecule has 2 aromatic rings. The molecule has 0 aliphatic heterocycles. The van der Waals surface area contributed by atoms with Crippen molar-refractivity contribution in [3.63, 3.8) is 0 Å². The van der Waals surface area contributed by atoms with Gasteiger partial charge in [-0.1, -0.05) is 25.5 Å². The maximum absolute atomic E-state index is 13.9. The third-order valence-electron chi connectivity index (χ3n) is 9.74. The topological polar surface area (TPSA) is 79.3 Å². The smallest absolute Gasteiger partial charge is 0.308 e. The molecule has 6 heteroatoms. The quantitative estimate of drug-likeness (QED) is 0.574. The van der Waals surface area contributed by atoms with Gasteiger partial charge in [0.1, 0.15) is 5.82 Å². The standard InChI is InChI=1S/C30H33FN2O3/c1-30-12-11-22-21-7-6-18(28(34)33-27-4-2-3-24(27)29(35)36)13-17(21)5-8-23(22)26(30)10-9-25(30)19-14-20(31)16-32-15-19/h6-7,9,13-16,22-24,26-27H,2-5,8,10-12H2,1H3,(H,33,34)(H,35,36)/t22?,23?,24-,26?,27+,30-/m1/s1. The first-order valence-corrected chi connectivity index (χ1v) is 13.3. The van der Waals surface area contributed by atoms with Crippen LogP contribution in [0, 0.1) is 29.0 Å². The predicted molar refractivity (Wildman–Crippen MR) is 135 cm³/mol. The molecule has 2 saturated carbocycles. The van der Waals surface area contributed by atoms with Crippen molar-refractivity contribution >= 4 is 17.4 Å². The number of aromatic nitrogens is 1. The number of hydrogen-bond acceptors (Lipinski definition) is 3.